The molecule has 1 unspecified atom stereocenters. The summed E-state index contributed by atoms with van der Waals surface area (Å²) >= 11 is 0. The molecule has 3 aliphatic rings. The predicted molar refractivity (Wildman–Crippen MR) is 81.4 cm³/mol. The molecule has 3 saturated heterocycles. The number of hydrogen-bond donors (Lipinski definition) is 1. The molecule has 0 spiro atoms. The average molecular weight is 310 g/mol. The second-order valence-electron chi connectivity index (χ2n) is 6.25. The van der Waals surface area contributed by atoms with Gasteiger partial charge in [-0.25, -0.2) is 0 Å². The van der Waals surface area contributed by atoms with E-state index in [0.717, 1.165) is 45.6 Å². The minimum atomic E-state index is -0.341. The number of nitrogens with zero attached hydrogens (tertiary/aromatic N) is 3. The maximum absolute atomic E-state index is 12.4. The number of carbonyl (C=O) groups is 2. The smallest absolute Gasteiger partial charge is 0.253 e. The Morgan fingerprint density at radius 2 is 1.73 bits per heavy atom. The fourth-order valence-corrected chi connectivity index (χ4v) is 3.31. The molecule has 7 heteroatoms. The van der Waals surface area contributed by atoms with Crippen LogP contribution in [0.2, 0.25) is 0 Å². The third kappa shape index (κ3) is 3.77. The van der Waals surface area contributed by atoms with Crippen molar-refractivity contribution in [2.75, 3.05) is 65.5 Å². The van der Waals surface area contributed by atoms with Gasteiger partial charge in [0.15, 0.2) is 0 Å². The van der Waals surface area contributed by atoms with Crippen LogP contribution in [-0.2, 0) is 14.3 Å². The van der Waals surface area contributed by atoms with E-state index in [0.29, 0.717) is 32.8 Å². The number of ether oxygens (including phenoxy) is 1. The van der Waals surface area contributed by atoms with Crippen molar-refractivity contribution in [3.8, 4) is 0 Å². The Labute approximate surface area is 131 Å². The van der Waals surface area contributed by atoms with Gasteiger partial charge < -0.3 is 19.9 Å². The lowest BCUT2D eigenvalue weighted by atomic mass is 10.2. The predicted octanol–water partition coefficient (Wildman–Crippen LogP) is -1.26. The Balaban J connectivity index is 1.41. The number of piperazine rings is 1. The van der Waals surface area contributed by atoms with Gasteiger partial charge in [0, 0.05) is 52.4 Å². The normalized spacial score (nSPS) is 27.2. The van der Waals surface area contributed by atoms with Crippen molar-refractivity contribution in [3.05, 3.63) is 0 Å². The molecule has 1 N–H and O–H groups in total. The van der Waals surface area contributed by atoms with Crippen LogP contribution in [0.5, 0.6) is 0 Å². The molecule has 0 aromatic carbocycles. The first-order chi connectivity index (χ1) is 10.7. The number of rotatable bonds is 3. The molecule has 2 amide bonds. The van der Waals surface area contributed by atoms with Crippen LogP contribution in [-0.4, -0.2) is 98.1 Å². The highest BCUT2D eigenvalue weighted by atomic mass is 16.5. The van der Waals surface area contributed by atoms with Gasteiger partial charge in [-0.1, -0.05) is 0 Å². The van der Waals surface area contributed by atoms with Crippen LogP contribution in [0.15, 0.2) is 0 Å². The Bertz CT molecular complexity index is 398. The molecule has 3 fully saturated rings. The molecule has 0 aromatic rings. The molecular formula is C15H26N4O3. The third-order valence-corrected chi connectivity index (χ3v) is 4.70. The fraction of sp³-hybridized carbons (Fsp3) is 0.867. The maximum atomic E-state index is 12.4. The van der Waals surface area contributed by atoms with Crippen LogP contribution in [0.3, 0.4) is 0 Å². The molecule has 0 saturated carbocycles. The van der Waals surface area contributed by atoms with Crippen LogP contribution in [0, 0.1) is 0 Å². The van der Waals surface area contributed by atoms with E-state index in [-0.39, 0.29) is 17.9 Å². The summed E-state index contributed by atoms with van der Waals surface area (Å²) in [7, 11) is 0. The summed E-state index contributed by atoms with van der Waals surface area (Å²) < 4.78 is 5.52. The summed E-state index contributed by atoms with van der Waals surface area (Å²) in [6, 6.07) is 0. The van der Waals surface area contributed by atoms with Crippen molar-refractivity contribution in [1.82, 2.24) is 20.0 Å². The molecule has 1 atom stereocenters. The van der Waals surface area contributed by atoms with Gasteiger partial charge >= 0.3 is 0 Å². The van der Waals surface area contributed by atoms with E-state index in [9.17, 15) is 9.59 Å². The van der Waals surface area contributed by atoms with Crippen LogP contribution in [0.4, 0.5) is 0 Å². The van der Waals surface area contributed by atoms with Crippen molar-refractivity contribution >= 4 is 11.8 Å². The Morgan fingerprint density at radius 1 is 1.00 bits per heavy atom. The molecule has 0 aliphatic carbocycles. The lowest BCUT2D eigenvalue weighted by Gasteiger charge is -2.37. The summed E-state index contributed by atoms with van der Waals surface area (Å²) in [5.41, 5.74) is 0. The zero-order chi connectivity index (χ0) is 15.4. The van der Waals surface area contributed by atoms with E-state index in [1.165, 1.54) is 0 Å². The van der Waals surface area contributed by atoms with Crippen LogP contribution >= 0.6 is 0 Å². The first-order valence-electron chi connectivity index (χ1n) is 8.35. The van der Waals surface area contributed by atoms with Gasteiger partial charge in [0.2, 0.25) is 5.91 Å². The zero-order valence-corrected chi connectivity index (χ0v) is 13.1. The summed E-state index contributed by atoms with van der Waals surface area (Å²) in [4.78, 5) is 30.5. The highest BCUT2D eigenvalue weighted by molar-refractivity contribution is 5.81. The lowest BCUT2D eigenvalue weighted by molar-refractivity contribution is -0.147. The highest BCUT2D eigenvalue weighted by Crippen LogP contribution is 2.10. The quantitative estimate of drug-likeness (QED) is 0.705. The molecule has 3 heterocycles. The summed E-state index contributed by atoms with van der Waals surface area (Å²) in [5, 5.41) is 3.19. The Kier molecular flexibility index (Phi) is 5.28. The van der Waals surface area contributed by atoms with Crippen molar-refractivity contribution in [3.63, 3.8) is 0 Å². The number of hydrogen-bond acceptors (Lipinski definition) is 5. The van der Waals surface area contributed by atoms with Gasteiger partial charge in [0.05, 0.1) is 13.2 Å². The van der Waals surface area contributed by atoms with E-state index >= 15 is 0 Å². The average Bonchev–Trinajstić information content (AvgIpc) is 3.10. The summed E-state index contributed by atoms with van der Waals surface area (Å²) in [6.07, 6.45) is 1.92. The fourth-order valence-electron chi connectivity index (χ4n) is 3.31. The number of nitrogens with one attached hydrogen (secondary N) is 1. The third-order valence-electron chi connectivity index (χ3n) is 4.70. The van der Waals surface area contributed by atoms with Crippen molar-refractivity contribution in [2.24, 2.45) is 0 Å². The van der Waals surface area contributed by atoms with Crippen LogP contribution in [0.25, 0.3) is 0 Å². The minimum Gasteiger partial charge on any atom is -0.366 e. The highest BCUT2D eigenvalue weighted by Gasteiger charge is 2.30. The second kappa shape index (κ2) is 7.39. The van der Waals surface area contributed by atoms with E-state index < -0.39 is 0 Å². The first kappa shape index (κ1) is 15.7. The summed E-state index contributed by atoms with van der Waals surface area (Å²) in [6.45, 7) is 7.23. The van der Waals surface area contributed by atoms with Gasteiger partial charge in [-0.15, -0.1) is 0 Å². The van der Waals surface area contributed by atoms with Crippen LogP contribution < -0.4 is 5.32 Å². The van der Waals surface area contributed by atoms with Crippen molar-refractivity contribution in [2.45, 2.75) is 18.9 Å². The van der Waals surface area contributed by atoms with Crippen molar-refractivity contribution in [1.29, 1.82) is 0 Å². The SMILES string of the molecule is O=C(CN1CCN(C(=O)C2CNCCO2)CC1)N1CCCC1. The number of amides is 2. The van der Waals surface area contributed by atoms with E-state index in [4.69, 9.17) is 4.74 Å². The lowest BCUT2D eigenvalue weighted by Crippen LogP contribution is -2.56. The van der Waals surface area contributed by atoms with Crippen LogP contribution in [0.1, 0.15) is 12.8 Å². The molecule has 7 nitrogen and oxygen atoms in total. The monoisotopic (exact) mass is 310 g/mol. The summed E-state index contributed by atoms with van der Waals surface area (Å²) in [5.74, 6) is 0.315. The number of morpholine rings is 1. The Hall–Kier alpha value is -1.18. The molecule has 124 valence electrons. The van der Waals surface area contributed by atoms with Gasteiger partial charge in [-0.3, -0.25) is 14.5 Å². The second-order valence-corrected chi connectivity index (χ2v) is 6.25. The largest absolute Gasteiger partial charge is 0.366 e. The van der Waals surface area contributed by atoms with Gasteiger partial charge in [0.1, 0.15) is 6.10 Å². The van der Waals surface area contributed by atoms with Gasteiger partial charge in [0.25, 0.3) is 5.91 Å². The topological polar surface area (TPSA) is 65.1 Å². The Morgan fingerprint density at radius 3 is 2.36 bits per heavy atom. The molecule has 0 aromatic heterocycles. The van der Waals surface area contributed by atoms with Gasteiger partial charge in [-0.05, 0) is 12.8 Å². The molecule has 3 rings (SSSR count). The maximum Gasteiger partial charge on any atom is 0.253 e. The molecule has 22 heavy (non-hydrogen) atoms. The molecule has 3 aliphatic heterocycles. The van der Waals surface area contributed by atoms with Crippen molar-refractivity contribution < 1.29 is 14.3 Å². The standard InChI is InChI=1S/C15H26N4O3/c20-14(18-4-1-2-5-18)12-17-6-8-19(9-7-17)15(21)13-11-16-3-10-22-13/h13,16H,1-12H2. The molecule has 0 radical (unpaired) electrons. The van der Waals surface area contributed by atoms with E-state index in [1.54, 1.807) is 0 Å². The number of carbonyl (C=O) groups excluding carboxylic acids is 2. The van der Waals surface area contributed by atoms with E-state index in [2.05, 4.69) is 10.2 Å². The first-order valence-corrected chi connectivity index (χ1v) is 8.35. The zero-order valence-electron chi connectivity index (χ0n) is 13.1. The minimum absolute atomic E-state index is 0.0812. The molecule has 0 bridgehead atoms. The molecular weight excluding hydrogens is 284 g/mol. The van der Waals surface area contributed by atoms with E-state index in [1.807, 2.05) is 9.80 Å². The van der Waals surface area contributed by atoms with Gasteiger partial charge in [-0.2, -0.15) is 0 Å². The number of likely N-dealkylation sites (tertiary alicyclic amines) is 1.